The average Bonchev–Trinajstić information content (AvgIpc) is 3.64. The van der Waals surface area contributed by atoms with Gasteiger partial charge in [-0.15, -0.1) is 5.10 Å². The minimum absolute atomic E-state index is 0.728. The number of hydrogen-bond donors (Lipinski definition) is 0. The quantitative estimate of drug-likeness (QED) is 0.0480. The smallest absolute Gasteiger partial charge is 0.209 e. The molecule has 1 heterocycles. The summed E-state index contributed by atoms with van der Waals surface area (Å²) in [5.74, 6) is 4.41. The fourth-order valence-electron chi connectivity index (χ4n) is 9.62. The fraction of sp³-hybridized carbons (Fsp3) is 0.962. The van der Waals surface area contributed by atoms with Gasteiger partial charge in [0.2, 0.25) is 5.13 Å². The maximum Gasteiger partial charge on any atom is 0.209 e. The van der Waals surface area contributed by atoms with Crippen molar-refractivity contribution in [2.75, 3.05) is 57.5 Å². The van der Waals surface area contributed by atoms with E-state index in [4.69, 9.17) is 17.3 Å². The standard InChI is InChI=1S/C53H108N6S2/c1-13-25-31-46(19-7)37-55(38-47(20-8)32-26-14-2)43-58(44-56(39-48(21-9)33-27-15-3)40-49(22-10)34-28-16-4)52-54-59(53(60)61-52)45-57(41-50(23-11)35-29-17-5)42-51(24-12)36-30-18-6/h46-51H,13-45H2,1-12H3. The van der Waals surface area contributed by atoms with Gasteiger partial charge in [-0.1, -0.05) is 210 Å². The van der Waals surface area contributed by atoms with E-state index in [2.05, 4.69) is 107 Å². The van der Waals surface area contributed by atoms with Gasteiger partial charge in [-0.2, -0.15) is 0 Å². The summed E-state index contributed by atoms with van der Waals surface area (Å²) in [4.78, 5) is 11.2. The van der Waals surface area contributed by atoms with E-state index in [0.717, 1.165) is 77.7 Å². The predicted octanol–water partition coefficient (Wildman–Crippen LogP) is 16.6. The van der Waals surface area contributed by atoms with Gasteiger partial charge < -0.3 is 4.90 Å². The highest BCUT2D eigenvalue weighted by Crippen LogP contribution is 2.28. The van der Waals surface area contributed by atoms with Crippen molar-refractivity contribution in [3.63, 3.8) is 0 Å². The zero-order valence-corrected chi connectivity index (χ0v) is 44.9. The first-order valence-electron chi connectivity index (χ1n) is 27.1. The molecule has 0 N–H and O–H groups in total. The van der Waals surface area contributed by atoms with Gasteiger partial charge in [-0.05, 0) is 86.3 Å². The van der Waals surface area contributed by atoms with E-state index in [1.54, 1.807) is 11.3 Å². The van der Waals surface area contributed by atoms with Crippen LogP contribution in [0.4, 0.5) is 5.13 Å². The molecule has 0 aliphatic heterocycles. The van der Waals surface area contributed by atoms with Gasteiger partial charge in [0.15, 0.2) is 3.95 Å². The van der Waals surface area contributed by atoms with Crippen molar-refractivity contribution >= 4 is 28.7 Å². The van der Waals surface area contributed by atoms with Gasteiger partial charge in [0, 0.05) is 39.3 Å². The molecule has 61 heavy (non-hydrogen) atoms. The normalized spacial score (nSPS) is 15.2. The summed E-state index contributed by atoms with van der Waals surface area (Å²) in [6, 6.07) is 0. The highest BCUT2D eigenvalue weighted by molar-refractivity contribution is 7.73. The highest BCUT2D eigenvalue weighted by Gasteiger charge is 2.26. The Bertz CT molecular complexity index is 1080. The molecule has 1 aromatic heterocycles. The molecule has 0 bridgehead atoms. The van der Waals surface area contributed by atoms with Crippen LogP contribution in [-0.4, -0.2) is 77.1 Å². The third kappa shape index (κ3) is 25.7. The number of anilines is 1. The monoisotopic (exact) mass is 893 g/mol. The van der Waals surface area contributed by atoms with Gasteiger partial charge in [0.1, 0.15) is 0 Å². The van der Waals surface area contributed by atoms with Gasteiger partial charge in [-0.25, -0.2) is 4.68 Å². The minimum atomic E-state index is 0.728. The van der Waals surface area contributed by atoms with Crippen LogP contribution in [0.1, 0.15) is 237 Å². The lowest BCUT2D eigenvalue weighted by molar-refractivity contribution is 0.136. The molecule has 6 atom stereocenters. The van der Waals surface area contributed by atoms with Gasteiger partial charge >= 0.3 is 0 Å². The summed E-state index contributed by atoms with van der Waals surface area (Å²) in [7, 11) is 0. The van der Waals surface area contributed by atoms with Crippen LogP contribution in [0.3, 0.4) is 0 Å². The molecule has 0 aliphatic carbocycles. The topological polar surface area (TPSA) is 30.8 Å². The van der Waals surface area contributed by atoms with Crippen LogP contribution in [0, 0.1) is 39.5 Å². The summed E-state index contributed by atoms with van der Waals surface area (Å²) in [6.45, 7) is 38.4. The van der Waals surface area contributed by atoms with E-state index >= 15 is 0 Å². The number of rotatable bonds is 43. The van der Waals surface area contributed by atoms with E-state index in [0.29, 0.717) is 0 Å². The molecule has 6 nitrogen and oxygen atoms in total. The van der Waals surface area contributed by atoms with Crippen molar-refractivity contribution < 1.29 is 0 Å². The summed E-state index contributed by atoms with van der Waals surface area (Å²) in [5.41, 5.74) is 0. The van der Waals surface area contributed by atoms with Crippen LogP contribution in [0.25, 0.3) is 0 Å². The van der Waals surface area contributed by atoms with E-state index < -0.39 is 0 Å². The van der Waals surface area contributed by atoms with E-state index in [1.165, 1.54) is 180 Å². The summed E-state index contributed by atoms with van der Waals surface area (Å²) >= 11 is 8.14. The maximum absolute atomic E-state index is 6.35. The lowest BCUT2D eigenvalue weighted by Crippen LogP contribution is -2.49. The molecule has 362 valence electrons. The number of unbranched alkanes of at least 4 members (excludes halogenated alkanes) is 6. The van der Waals surface area contributed by atoms with Crippen molar-refractivity contribution in [2.24, 2.45) is 35.5 Å². The van der Waals surface area contributed by atoms with Crippen LogP contribution in [0.5, 0.6) is 0 Å². The highest BCUT2D eigenvalue weighted by atomic mass is 32.1. The van der Waals surface area contributed by atoms with Crippen LogP contribution < -0.4 is 4.90 Å². The maximum atomic E-state index is 6.35. The first kappa shape index (κ1) is 58.5. The molecule has 0 fully saturated rings. The van der Waals surface area contributed by atoms with E-state index in [9.17, 15) is 0 Å². The van der Waals surface area contributed by atoms with Gasteiger partial charge in [0.25, 0.3) is 0 Å². The van der Waals surface area contributed by atoms with Crippen LogP contribution >= 0.6 is 23.6 Å². The Kier molecular flexibility index (Phi) is 36.1. The summed E-state index contributed by atoms with van der Waals surface area (Å²) < 4.78 is 3.19. The molecule has 6 unspecified atom stereocenters. The lowest BCUT2D eigenvalue weighted by Gasteiger charge is -2.39. The number of aromatic nitrogens is 2. The molecule has 0 spiro atoms. The minimum Gasteiger partial charge on any atom is -0.321 e. The Morgan fingerprint density at radius 3 is 0.934 bits per heavy atom. The van der Waals surface area contributed by atoms with Crippen LogP contribution in [0.15, 0.2) is 0 Å². The van der Waals surface area contributed by atoms with Crippen LogP contribution in [0.2, 0.25) is 0 Å². The molecular weight excluding hydrogens is 785 g/mol. The second-order valence-electron chi connectivity index (χ2n) is 19.7. The third-order valence-electron chi connectivity index (χ3n) is 14.3. The second-order valence-corrected chi connectivity index (χ2v) is 21.3. The Morgan fingerprint density at radius 2 is 0.689 bits per heavy atom. The van der Waals surface area contributed by atoms with Crippen molar-refractivity contribution in [1.82, 2.24) is 24.5 Å². The molecule has 0 radical (unpaired) electrons. The molecule has 8 heteroatoms. The lowest BCUT2D eigenvalue weighted by atomic mass is 9.95. The Morgan fingerprint density at radius 1 is 0.426 bits per heavy atom. The largest absolute Gasteiger partial charge is 0.321 e. The molecule has 0 amide bonds. The average molecular weight is 894 g/mol. The molecule has 0 saturated carbocycles. The zero-order valence-electron chi connectivity index (χ0n) is 43.3. The van der Waals surface area contributed by atoms with Crippen LogP contribution in [-0.2, 0) is 6.67 Å². The van der Waals surface area contributed by atoms with Crippen molar-refractivity contribution in [1.29, 1.82) is 0 Å². The summed E-state index contributed by atoms with van der Waals surface area (Å²) in [6.07, 6.45) is 31.2. The molecule has 0 aromatic carbocycles. The Hall–Kier alpha value is -0.540. The number of nitrogens with zero attached hydrogens (tertiary/aromatic N) is 6. The zero-order chi connectivity index (χ0) is 45.3. The molecule has 1 rings (SSSR count). The molecule has 0 aliphatic rings. The van der Waals surface area contributed by atoms with Crippen molar-refractivity contribution in [2.45, 2.75) is 244 Å². The van der Waals surface area contributed by atoms with E-state index in [-0.39, 0.29) is 0 Å². The first-order valence-corrected chi connectivity index (χ1v) is 28.3. The predicted molar refractivity (Wildman–Crippen MR) is 278 cm³/mol. The van der Waals surface area contributed by atoms with E-state index in [1.807, 2.05) is 0 Å². The van der Waals surface area contributed by atoms with Crippen molar-refractivity contribution in [3.8, 4) is 0 Å². The molecule has 1 aromatic rings. The molecular formula is C53H108N6S2. The second kappa shape index (κ2) is 37.7. The number of hydrogen-bond acceptors (Lipinski definition) is 7. The first-order chi connectivity index (χ1) is 29.6. The third-order valence-corrected chi connectivity index (χ3v) is 15.7. The Labute approximate surface area is 392 Å². The fourth-order valence-corrected chi connectivity index (χ4v) is 10.7. The summed E-state index contributed by atoms with van der Waals surface area (Å²) in [5, 5.41) is 6.75. The van der Waals surface area contributed by atoms with Gasteiger partial charge in [0.05, 0.1) is 20.0 Å². The van der Waals surface area contributed by atoms with Crippen molar-refractivity contribution in [3.05, 3.63) is 3.95 Å². The SMILES string of the molecule is CCCCC(CC)CN(CC(CC)CCCC)CN(CN(CC(CC)CCCC)CC(CC)CCCC)c1nn(CN(CC(CC)CCCC)CC(CC)CCCC)c(=S)s1. The molecule has 0 saturated heterocycles. The van der Waals surface area contributed by atoms with Gasteiger partial charge in [-0.3, -0.25) is 14.7 Å². The Balaban J connectivity index is 3.87.